The first-order valence-corrected chi connectivity index (χ1v) is 12.6. The molecule has 0 saturated heterocycles. The summed E-state index contributed by atoms with van der Waals surface area (Å²) >= 11 is 12.5. The molecule has 0 heterocycles. The minimum atomic E-state index is -4.19. The number of likely N-dealkylation sites (N-methyl/N-ethyl adjacent to an activating group) is 1. The highest BCUT2D eigenvalue weighted by atomic mass is 35.5. The van der Waals surface area contributed by atoms with E-state index in [0.29, 0.717) is 15.6 Å². The normalized spacial score (nSPS) is 12.3. The zero-order chi connectivity index (χ0) is 25.2. The van der Waals surface area contributed by atoms with E-state index in [2.05, 4.69) is 0 Å². The van der Waals surface area contributed by atoms with E-state index in [1.165, 1.54) is 23.1 Å². The van der Waals surface area contributed by atoms with Crippen molar-refractivity contribution >= 4 is 44.8 Å². The van der Waals surface area contributed by atoms with Crippen molar-refractivity contribution in [3.63, 3.8) is 0 Å². The predicted molar refractivity (Wildman–Crippen MR) is 136 cm³/mol. The molecule has 3 rings (SSSR count). The summed E-state index contributed by atoms with van der Waals surface area (Å²) in [6.45, 7) is 3.14. The van der Waals surface area contributed by atoms with E-state index < -0.39 is 28.6 Å². The third-order valence-electron chi connectivity index (χ3n) is 5.31. The number of aliphatic hydroxyl groups is 1. The van der Waals surface area contributed by atoms with E-state index in [4.69, 9.17) is 23.2 Å². The van der Waals surface area contributed by atoms with Gasteiger partial charge in [-0.2, -0.15) is 0 Å². The Labute approximate surface area is 210 Å². The zero-order valence-corrected chi connectivity index (χ0v) is 21.6. The molecule has 1 amide bonds. The Morgan fingerprint density at radius 1 is 0.941 bits per heavy atom. The fourth-order valence-electron chi connectivity index (χ4n) is 3.61. The lowest BCUT2D eigenvalue weighted by Gasteiger charge is -2.29. The van der Waals surface area contributed by atoms with Crippen molar-refractivity contribution in [2.45, 2.75) is 24.8 Å². The van der Waals surface area contributed by atoms with Crippen LogP contribution in [0.15, 0.2) is 65.6 Å². The van der Waals surface area contributed by atoms with Crippen LogP contribution in [0.5, 0.6) is 0 Å². The Morgan fingerprint density at radius 2 is 1.56 bits per heavy atom. The van der Waals surface area contributed by atoms with Crippen LogP contribution in [0.3, 0.4) is 0 Å². The second-order valence-corrected chi connectivity index (χ2v) is 11.0. The minimum Gasteiger partial charge on any atom is -0.384 e. The Morgan fingerprint density at radius 3 is 2.15 bits per heavy atom. The summed E-state index contributed by atoms with van der Waals surface area (Å²) in [6, 6.07) is 16.2. The highest BCUT2D eigenvalue weighted by Gasteiger charge is 2.32. The van der Waals surface area contributed by atoms with E-state index in [9.17, 15) is 18.3 Å². The van der Waals surface area contributed by atoms with Crippen molar-refractivity contribution in [2.75, 3.05) is 24.9 Å². The third-order valence-corrected chi connectivity index (χ3v) is 7.63. The third kappa shape index (κ3) is 5.55. The molecule has 0 spiro atoms. The summed E-state index contributed by atoms with van der Waals surface area (Å²) in [5, 5.41) is 11.8. The largest absolute Gasteiger partial charge is 0.384 e. The minimum absolute atomic E-state index is 0.0460. The first kappa shape index (κ1) is 26.0. The Kier molecular flexibility index (Phi) is 7.93. The van der Waals surface area contributed by atoms with Gasteiger partial charge in [-0.05, 0) is 61.4 Å². The molecule has 0 aliphatic heterocycles. The summed E-state index contributed by atoms with van der Waals surface area (Å²) in [6.07, 6.45) is -1.28. The van der Waals surface area contributed by atoms with Crippen LogP contribution in [0, 0.1) is 13.8 Å². The maximum atomic E-state index is 13.9. The number of aryl methyl sites for hydroxylation is 2. The van der Waals surface area contributed by atoms with Gasteiger partial charge >= 0.3 is 0 Å². The van der Waals surface area contributed by atoms with Gasteiger partial charge in [-0.25, -0.2) is 8.42 Å². The monoisotopic (exact) mass is 520 g/mol. The van der Waals surface area contributed by atoms with E-state index in [0.717, 1.165) is 15.4 Å². The molecule has 1 atom stereocenters. The van der Waals surface area contributed by atoms with Crippen LogP contribution in [0.1, 0.15) is 28.4 Å². The van der Waals surface area contributed by atoms with Crippen LogP contribution in [-0.2, 0) is 14.8 Å². The number of carbonyl (C=O) groups excluding carboxylic acids is 1. The van der Waals surface area contributed by atoms with Crippen molar-refractivity contribution in [3.05, 3.63) is 93.0 Å². The molecular weight excluding hydrogens is 495 g/mol. The molecule has 9 heteroatoms. The number of halogens is 2. The Bertz CT molecular complexity index is 1310. The smallest absolute Gasteiger partial charge is 0.264 e. The molecule has 0 radical (unpaired) electrons. The molecule has 0 aliphatic carbocycles. The van der Waals surface area contributed by atoms with Gasteiger partial charge in [-0.1, -0.05) is 47.5 Å². The van der Waals surface area contributed by atoms with Gasteiger partial charge < -0.3 is 10.0 Å². The molecule has 6 nitrogen and oxygen atoms in total. The highest BCUT2D eigenvalue weighted by molar-refractivity contribution is 7.92. The van der Waals surface area contributed by atoms with E-state index >= 15 is 0 Å². The number of hydrogen-bond acceptors (Lipinski definition) is 4. The van der Waals surface area contributed by atoms with E-state index in [1.807, 2.05) is 6.07 Å². The number of anilines is 1. The fourth-order valence-corrected chi connectivity index (χ4v) is 5.66. The standard InChI is InChI=1S/C25H26Cl2N2O4S/c1-16-11-17(2)13-19(12-16)34(32,33)29(15-24(30)28(3)4)23-10-9-18(26)14-21(23)25(31)20-7-5-6-8-22(20)27/h5-14,25,31H,15H2,1-4H3. The van der Waals surface area contributed by atoms with Gasteiger partial charge in [0.2, 0.25) is 5.91 Å². The quantitative estimate of drug-likeness (QED) is 0.476. The molecule has 0 bridgehead atoms. The Balaban J connectivity index is 2.25. The summed E-state index contributed by atoms with van der Waals surface area (Å²) in [7, 11) is -1.10. The van der Waals surface area contributed by atoms with Gasteiger partial charge in [0.05, 0.1) is 10.6 Å². The maximum Gasteiger partial charge on any atom is 0.264 e. The van der Waals surface area contributed by atoms with Gasteiger partial charge in [0.25, 0.3) is 10.0 Å². The highest BCUT2D eigenvalue weighted by Crippen LogP contribution is 2.38. The molecule has 180 valence electrons. The van der Waals surface area contributed by atoms with Crippen LogP contribution >= 0.6 is 23.2 Å². The number of carbonyl (C=O) groups is 1. The van der Waals surface area contributed by atoms with Crippen molar-refractivity contribution in [1.82, 2.24) is 4.90 Å². The first-order chi connectivity index (χ1) is 15.9. The fraction of sp³-hybridized carbons (Fsp3) is 0.240. The lowest BCUT2D eigenvalue weighted by Crippen LogP contribution is -2.41. The Hall–Kier alpha value is -2.58. The van der Waals surface area contributed by atoms with Gasteiger partial charge in [0, 0.05) is 35.3 Å². The van der Waals surface area contributed by atoms with Gasteiger partial charge in [-0.3, -0.25) is 9.10 Å². The molecule has 1 N–H and O–H groups in total. The van der Waals surface area contributed by atoms with Crippen LogP contribution < -0.4 is 4.31 Å². The first-order valence-electron chi connectivity index (χ1n) is 10.4. The summed E-state index contributed by atoms with van der Waals surface area (Å²) < 4.78 is 28.8. The predicted octanol–water partition coefficient (Wildman–Crippen LogP) is 4.98. The molecule has 0 aliphatic rings. The number of rotatable bonds is 7. The molecule has 0 saturated carbocycles. The summed E-state index contributed by atoms with van der Waals surface area (Å²) in [5.74, 6) is -0.430. The number of nitrogens with zero attached hydrogens (tertiary/aromatic N) is 2. The molecule has 3 aromatic carbocycles. The topological polar surface area (TPSA) is 77.9 Å². The number of benzene rings is 3. The number of sulfonamides is 1. The summed E-state index contributed by atoms with van der Waals surface area (Å²) in [4.78, 5) is 14.1. The van der Waals surface area contributed by atoms with Gasteiger partial charge in [-0.15, -0.1) is 0 Å². The van der Waals surface area contributed by atoms with E-state index in [1.54, 1.807) is 64.3 Å². The van der Waals surface area contributed by atoms with Crippen molar-refractivity contribution in [3.8, 4) is 0 Å². The van der Waals surface area contributed by atoms with Gasteiger partial charge in [0.1, 0.15) is 12.6 Å². The van der Waals surface area contributed by atoms with Crippen molar-refractivity contribution < 1.29 is 18.3 Å². The molecule has 0 aromatic heterocycles. The molecule has 1 unspecified atom stereocenters. The average Bonchev–Trinajstić information content (AvgIpc) is 2.76. The van der Waals surface area contributed by atoms with Crippen molar-refractivity contribution in [2.24, 2.45) is 0 Å². The second-order valence-electron chi connectivity index (χ2n) is 8.25. The zero-order valence-electron chi connectivity index (χ0n) is 19.3. The van der Waals surface area contributed by atoms with Crippen molar-refractivity contribution in [1.29, 1.82) is 0 Å². The van der Waals surface area contributed by atoms with Crippen LogP contribution in [0.4, 0.5) is 5.69 Å². The van der Waals surface area contributed by atoms with E-state index in [-0.39, 0.29) is 16.1 Å². The number of hydrogen-bond donors (Lipinski definition) is 1. The molecule has 0 fully saturated rings. The van der Waals surface area contributed by atoms with Crippen LogP contribution in [0.25, 0.3) is 0 Å². The number of aliphatic hydroxyl groups excluding tert-OH is 1. The van der Waals surface area contributed by atoms with Crippen LogP contribution in [-0.4, -0.2) is 45.0 Å². The molecular formula is C25H26Cl2N2O4S. The van der Waals surface area contributed by atoms with Crippen LogP contribution in [0.2, 0.25) is 10.0 Å². The molecule has 34 heavy (non-hydrogen) atoms. The average molecular weight is 521 g/mol. The summed E-state index contributed by atoms with van der Waals surface area (Å²) in [5.41, 5.74) is 2.26. The molecule has 3 aromatic rings. The van der Waals surface area contributed by atoms with Gasteiger partial charge in [0.15, 0.2) is 0 Å². The lowest BCUT2D eigenvalue weighted by atomic mass is 9.99. The second kappa shape index (κ2) is 10.4. The number of amides is 1. The lowest BCUT2D eigenvalue weighted by molar-refractivity contribution is -0.127. The maximum absolute atomic E-state index is 13.9. The SMILES string of the molecule is Cc1cc(C)cc(S(=O)(=O)N(CC(=O)N(C)C)c2ccc(Cl)cc2C(O)c2ccccc2Cl)c1.